The lowest BCUT2D eigenvalue weighted by molar-refractivity contribution is 0.127. The number of rotatable bonds is 6. The highest BCUT2D eigenvalue weighted by Crippen LogP contribution is 2.24. The Morgan fingerprint density at radius 3 is 2.33 bits per heavy atom. The summed E-state index contributed by atoms with van der Waals surface area (Å²) < 4.78 is 11.5. The molecule has 2 atom stereocenters. The molecule has 0 spiro atoms. The highest BCUT2D eigenvalue weighted by Gasteiger charge is 2.23. The highest BCUT2D eigenvalue weighted by molar-refractivity contribution is 5.31. The van der Waals surface area contributed by atoms with Gasteiger partial charge in [-0.25, -0.2) is 0 Å². The van der Waals surface area contributed by atoms with E-state index in [0.29, 0.717) is 6.04 Å². The second kappa shape index (κ2) is 8.93. The van der Waals surface area contributed by atoms with E-state index < -0.39 is 0 Å². The van der Waals surface area contributed by atoms with E-state index in [1.165, 1.54) is 38.5 Å². The van der Waals surface area contributed by atoms with Gasteiger partial charge in [0.2, 0.25) is 0 Å². The van der Waals surface area contributed by atoms with Crippen LogP contribution in [0, 0.1) is 0 Å². The molecule has 2 unspecified atom stereocenters. The maximum Gasteiger partial charge on any atom is 0.120 e. The molecule has 1 saturated carbocycles. The van der Waals surface area contributed by atoms with E-state index >= 15 is 0 Å². The van der Waals surface area contributed by atoms with E-state index in [1.807, 2.05) is 24.3 Å². The van der Waals surface area contributed by atoms with E-state index in [2.05, 4.69) is 12.2 Å². The summed E-state index contributed by atoms with van der Waals surface area (Å²) in [4.78, 5) is 0. The molecule has 0 heterocycles. The molecule has 1 aliphatic rings. The van der Waals surface area contributed by atoms with Crippen molar-refractivity contribution in [2.75, 3.05) is 13.7 Å². The Labute approximate surface area is 129 Å². The van der Waals surface area contributed by atoms with Gasteiger partial charge in [0.1, 0.15) is 17.6 Å². The van der Waals surface area contributed by atoms with Crippen molar-refractivity contribution in [3.8, 4) is 11.5 Å². The van der Waals surface area contributed by atoms with E-state index in [1.54, 1.807) is 7.11 Å². The molecule has 21 heavy (non-hydrogen) atoms. The van der Waals surface area contributed by atoms with Gasteiger partial charge in [0.15, 0.2) is 0 Å². The molecule has 1 aromatic rings. The standard InChI is InChI=1S/C18H29NO2/c1-3-14-19-17-8-6-4-5-7-9-18(17)21-16-12-10-15(20-2)11-13-16/h10-13,17-19H,3-9,14H2,1-2H3. The molecule has 2 rings (SSSR count). The Balaban J connectivity index is 1.99. The minimum Gasteiger partial charge on any atom is -0.497 e. The van der Waals surface area contributed by atoms with Gasteiger partial charge in [-0.15, -0.1) is 0 Å². The smallest absolute Gasteiger partial charge is 0.120 e. The summed E-state index contributed by atoms with van der Waals surface area (Å²) in [6.45, 7) is 3.29. The molecule has 1 aromatic carbocycles. The first kappa shape index (κ1) is 16.2. The van der Waals surface area contributed by atoms with Crippen LogP contribution in [0.1, 0.15) is 51.9 Å². The van der Waals surface area contributed by atoms with Crippen LogP contribution in [0.2, 0.25) is 0 Å². The predicted molar refractivity (Wildman–Crippen MR) is 87.2 cm³/mol. The molecule has 1 fully saturated rings. The molecule has 3 nitrogen and oxygen atoms in total. The van der Waals surface area contributed by atoms with Gasteiger partial charge >= 0.3 is 0 Å². The highest BCUT2D eigenvalue weighted by atomic mass is 16.5. The maximum absolute atomic E-state index is 6.28. The van der Waals surface area contributed by atoms with Crippen LogP contribution in [0.4, 0.5) is 0 Å². The summed E-state index contributed by atoms with van der Waals surface area (Å²) in [5, 5.41) is 3.68. The summed E-state index contributed by atoms with van der Waals surface area (Å²) in [6.07, 6.45) is 9.10. The second-order valence-corrected chi connectivity index (χ2v) is 5.88. The zero-order chi connectivity index (χ0) is 14.9. The lowest BCUT2D eigenvalue weighted by Crippen LogP contribution is -2.44. The van der Waals surface area contributed by atoms with Gasteiger partial charge < -0.3 is 14.8 Å². The van der Waals surface area contributed by atoms with Crippen molar-refractivity contribution in [2.45, 2.75) is 64.0 Å². The third kappa shape index (κ3) is 5.24. The third-order valence-electron chi connectivity index (χ3n) is 4.21. The predicted octanol–water partition coefficient (Wildman–Crippen LogP) is 4.17. The fraction of sp³-hybridized carbons (Fsp3) is 0.667. The SMILES string of the molecule is CCCNC1CCCCCCC1Oc1ccc(OC)cc1. The van der Waals surface area contributed by atoms with E-state index in [-0.39, 0.29) is 6.10 Å². The minimum absolute atomic E-state index is 0.283. The molecule has 0 amide bonds. The Kier molecular flexibility index (Phi) is 6.87. The number of nitrogens with one attached hydrogen (secondary N) is 1. The number of ether oxygens (including phenoxy) is 2. The monoisotopic (exact) mass is 291 g/mol. The molecule has 0 aromatic heterocycles. The Bertz CT molecular complexity index is 389. The van der Waals surface area contributed by atoms with Crippen molar-refractivity contribution >= 4 is 0 Å². The van der Waals surface area contributed by atoms with Gasteiger partial charge in [-0.2, -0.15) is 0 Å². The summed E-state index contributed by atoms with van der Waals surface area (Å²) in [7, 11) is 1.69. The van der Waals surface area contributed by atoms with E-state index in [4.69, 9.17) is 9.47 Å². The second-order valence-electron chi connectivity index (χ2n) is 5.88. The van der Waals surface area contributed by atoms with Gasteiger partial charge in [0.25, 0.3) is 0 Å². The zero-order valence-corrected chi connectivity index (χ0v) is 13.4. The van der Waals surface area contributed by atoms with Crippen LogP contribution in [0.15, 0.2) is 24.3 Å². The number of benzene rings is 1. The van der Waals surface area contributed by atoms with Gasteiger partial charge in [-0.1, -0.05) is 26.2 Å². The number of methoxy groups -OCH3 is 1. The van der Waals surface area contributed by atoms with Crippen LogP contribution in [0.3, 0.4) is 0 Å². The molecule has 0 aliphatic heterocycles. The first-order valence-corrected chi connectivity index (χ1v) is 8.37. The molecule has 1 aliphatic carbocycles. The van der Waals surface area contributed by atoms with Gasteiger partial charge in [-0.3, -0.25) is 0 Å². The summed E-state index contributed by atoms with van der Waals surface area (Å²) in [5.74, 6) is 1.82. The molecule has 0 bridgehead atoms. The first-order valence-electron chi connectivity index (χ1n) is 8.37. The number of hydrogen-bond acceptors (Lipinski definition) is 3. The maximum atomic E-state index is 6.28. The van der Waals surface area contributed by atoms with Crippen molar-refractivity contribution < 1.29 is 9.47 Å². The molecule has 118 valence electrons. The largest absolute Gasteiger partial charge is 0.497 e. The van der Waals surface area contributed by atoms with E-state index in [0.717, 1.165) is 24.5 Å². The molecule has 1 N–H and O–H groups in total. The summed E-state index contributed by atoms with van der Waals surface area (Å²) in [6, 6.07) is 8.43. The summed E-state index contributed by atoms with van der Waals surface area (Å²) in [5.41, 5.74) is 0. The Morgan fingerprint density at radius 1 is 1.00 bits per heavy atom. The van der Waals surface area contributed by atoms with Crippen molar-refractivity contribution in [3.05, 3.63) is 24.3 Å². The average Bonchev–Trinajstić information content (AvgIpc) is 2.50. The topological polar surface area (TPSA) is 30.5 Å². The van der Waals surface area contributed by atoms with Gasteiger partial charge in [-0.05, 0) is 56.5 Å². The Hall–Kier alpha value is -1.22. The molecule has 0 saturated heterocycles. The van der Waals surface area contributed by atoms with Gasteiger partial charge in [0.05, 0.1) is 7.11 Å². The zero-order valence-electron chi connectivity index (χ0n) is 13.4. The fourth-order valence-corrected chi connectivity index (χ4v) is 2.98. The van der Waals surface area contributed by atoms with E-state index in [9.17, 15) is 0 Å². The minimum atomic E-state index is 0.283. The van der Waals surface area contributed by atoms with Crippen LogP contribution < -0.4 is 14.8 Å². The first-order chi connectivity index (χ1) is 10.3. The quantitative estimate of drug-likeness (QED) is 0.853. The molecular weight excluding hydrogens is 262 g/mol. The van der Waals surface area contributed by atoms with Crippen molar-refractivity contribution in [3.63, 3.8) is 0 Å². The van der Waals surface area contributed by atoms with Crippen LogP contribution in [0.25, 0.3) is 0 Å². The molecule has 3 heteroatoms. The van der Waals surface area contributed by atoms with Crippen molar-refractivity contribution in [2.24, 2.45) is 0 Å². The van der Waals surface area contributed by atoms with Crippen LogP contribution >= 0.6 is 0 Å². The van der Waals surface area contributed by atoms with Crippen LogP contribution in [-0.4, -0.2) is 25.8 Å². The van der Waals surface area contributed by atoms with Crippen molar-refractivity contribution in [1.29, 1.82) is 0 Å². The van der Waals surface area contributed by atoms with Crippen LogP contribution in [0.5, 0.6) is 11.5 Å². The Morgan fingerprint density at radius 2 is 1.67 bits per heavy atom. The fourth-order valence-electron chi connectivity index (χ4n) is 2.98. The average molecular weight is 291 g/mol. The number of hydrogen-bond donors (Lipinski definition) is 1. The van der Waals surface area contributed by atoms with Gasteiger partial charge in [0, 0.05) is 6.04 Å². The van der Waals surface area contributed by atoms with Crippen molar-refractivity contribution in [1.82, 2.24) is 5.32 Å². The lowest BCUT2D eigenvalue weighted by atomic mass is 9.94. The molecular formula is C18H29NO2. The normalized spacial score (nSPS) is 23.1. The summed E-state index contributed by atoms with van der Waals surface area (Å²) >= 11 is 0. The molecule has 0 radical (unpaired) electrons. The lowest BCUT2D eigenvalue weighted by Gasteiger charge is -2.30. The van der Waals surface area contributed by atoms with Crippen LogP contribution in [-0.2, 0) is 0 Å². The third-order valence-corrected chi connectivity index (χ3v) is 4.21.